The number of methoxy groups -OCH3 is 1. The number of nitrogens with zero attached hydrogens (tertiary/aromatic N) is 1. The van der Waals surface area contributed by atoms with Crippen molar-refractivity contribution >= 4 is 5.69 Å². The van der Waals surface area contributed by atoms with E-state index in [0.717, 1.165) is 31.8 Å². The third kappa shape index (κ3) is 5.18. The molecule has 1 saturated heterocycles. The van der Waals surface area contributed by atoms with Crippen LogP contribution in [-0.2, 0) is 0 Å². The minimum absolute atomic E-state index is 0.200. The quantitative estimate of drug-likeness (QED) is 0.813. The van der Waals surface area contributed by atoms with Crippen LogP contribution in [0, 0.1) is 5.92 Å². The van der Waals surface area contributed by atoms with Crippen molar-refractivity contribution in [2.24, 2.45) is 5.92 Å². The molecule has 1 aliphatic heterocycles. The Labute approximate surface area is 134 Å². The summed E-state index contributed by atoms with van der Waals surface area (Å²) in [4.78, 5) is 2.44. The average molecular weight is 306 g/mol. The molecular weight excluding hydrogens is 276 g/mol. The molecule has 2 unspecified atom stereocenters. The van der Waals surface area contributed by atoms with Crippen molar-refractivity contribution < 1.29 is 9.84 Å². The lowest BCUT2D eigenvalue weighted by Crippen LogP contribution is -2.43. The summed E-state index contributed by atoms with van der Waals surface area (Å²) in [5.74, 6) is 1.44. The third-order valence-electron chi connectivity index (χ3n) is 4.43. The van der Waals surface area contributed by atoms with Crippen LogP contribution in [0.15, 0.2) is 24.3 Å². The van der Waals surface area contributed by atoms with E-state index < -0.39 is 0 Å². The highest BCUT2D eigenvalue weighted by Gasteiger charge is 2.19. The second kappa shape index (κ2) is 8.39. The summed E-state index contributed by atoms with van der Waals surface area (Å²) in [5.41, 5.74) is 1.28. The van der Waals surface area contributed by atoms with Gasteiger partial charge in [0.1, 0.15) is 5.75 Å². The van der Waals surface area contributed by atoms with Gasteiger partial charge in [0.2, 0.25) is 0 Å². The molecule has 0 radical (unpaired) electrons. The number of ether oxygens (including phenoxy) is 1. The van der Waals surface area contributed by atoms with Gasteiger partial charge in [-0.05, 0) is 62.9 Å². The van der Waals surface area contributed by atoms with E-state index in [4.69, 9.17) is 4.74 Å². The van der Waals surface area contributed by atoms with Crippen molar-refractivity contribution in [3.05, 3.63) is 24.3 Å². The predicted octanol–water partition coefficient (Wildman–Crippen LogP) is 2.66. The van der Waals surface area contributed by atoms with Gasteiger partial charge < -0.3 is 20.1 Å². The molecule has 0 spiro atoms. The first-order chi connectivity index (χ1) is 10.6. The Morgan fingerprint density at radius 3 is 2.41 bits per heavy atom. The van der Waals surface area contributed by atoms with Crippen molar-refractivity contribution in [1.29, 1.82) is 0 Å². The Morgan fingerprint density at radius 2 is 1.86 bits per heavy atom. The largest absolute Gasteiger partial charge is 0.497 e. The Balaban J connectivity index is 1.73. The van der Waals surface area contributed by atoms with Gasteiger partial charge in [0, 0.05) is 24.8 Å². The highest BCUT2D eigenvalue weighted by Crippen LogP contribution is 2.23. The van der Waals surface area contributed by atoms with E-state index in [9.17, 15) is 5.11 Å². The van der Waals surface area contributed by atoms with Crippen molar-refractivity contribution in [1.82, 2.24) is 5.32 Å². The van der Waals surface area contributed by atoms with Gasteiger partial charge in [-0.25, -0.2) is 0 Å². The standard InChI is InChI=1S/C18H30N2O2/c1-14(12-15(2)21)13-19-16-8-10-20(11-9-16)17-4-6-18(22-3)7-5-17/h4-7,14-16,19,21H,8-13H2,1-3H3. The lowest BCUT2D eigenvalue weighted by Gasteiger charge is -2.34. The second-order valence-corrected chi connectivity index (χ2v) is 6.56. The lowest BCUT2D eigenvalue weighted by molar-refractivity contribution is 0.162. The molecule has 4 heteroatoms. The topological polar surface area (TPSA) is 44.7 Å². The summed E-state index contributed by atoms with van der Waals surface area (Å²) in [6.45, 7) is 7.25. The molecule has 22 heavy (non-hydrogen) atoms. The number of piperidine rings is 1. The second-order valence-electron chi connectivity index (χ2n) is 6.56. The molecule has 1 heterocycles. The van der Waals surface area contributed by atoms with Crippen molar-refractivity contribution in [3.8, 4) is 5.75 Å². The molecule has 2 rings (SSSR count). The lowest BCUT2D eigenvalue weighted by atomic mass is 10.0. The maximum Gasteiger partial charge on any atom is 0.119 e. The number of nitrogens with one attached hydrogen (secondary N) is 1. The SMILES string of the molecule is COc1ccc(N2CCC(NCC(C)CC(C)O)CC2)cc1. The van der Waals surface area contributed by atoms with Crippen LogP contribution in [0.4, 0.5) is 5.69 Å². The minimum atomic E-state index is -0.200. The molecular formula is C18H30N2O2. The normalized spacial score (nSPS) is 19.0. The maximum absolute atomic E-state index is 9.41. The van der Waals surface area contributed by atoms with Crippen molar-refractivity contribution in [2.75, 3.05) is 31.6 Å². The number of aliphatic hydroxyl groups excluding tert-OH is 1. The number of anilines is 1. The zero-order valence-corrected chi connectivity index (χ0v) is 14.1. The summed E-state index contributed by atoms with van der Waals surface area (Å²) in [7, 11) is 1.70. The third-order valence-corrected chi connectivity index (χ3v) is 4.43. The molecule has 0 bridgehead atoms. The van der Waals surface area contributed by atoms with Crippen LogP contribution < -0.4 is 15.0 Å². The number of hydrogen-bond acceptors (Lipinski definition) is 4. The monoisotopic (exact) mass is 306 g/mol. The van der Waals surface area contributed by atoms with E-state index >= 15 is 0 Å². The van der Waals surface area contributed by atoms with Crippen molar-refractivity contribution in [3.63, 3.8) is 0 Å². The first-order valence-electron chi connectivity index (χ1n) is 8.39. The number of rotatable bonds is 7. The Hall–Kier alpha value is -1.26. The first kappa shape index (κ1) is 17.1. The highest BCUT2D eigenvalue weighted by molar-refractivity contribution is 5.49. The van der Waals surface area contributed by atoms with Gasteiger partial charge in [-0.1, -0.05) is 6.92 Å². The van der Waals surface area contributed by atoms with Crippen molar-refractivity contribution in [2.45, 2.75) is 45.3 Å². The van der Waals surface area contributed by atoms with Crippen LogP contribution in [0.3, 0.4) is 0 Å². The van der Waals surface area contributed by atoms with E-state index in [1.54, 1.807) is 7.11 Å². The number of benzene rings is 1. The summed E-state index contributed by atoms with van der Waals surface area (Å²) in [6, 6.07) is 8.93. The molecule has 2 atom stereocenters. The molecule has 2 N–H and O–H groups in total. The fourth-order valence-corrected chi connectivity index (χ4v) is 3.17. The van der Waals surface area contributed by atoms with E-state index in [1.807, 2.05) is 19.1 Å². The highest BCUT2D eigenvalue weighted by atomic mass is 16.5. The van der Waals surface area contributed by atoms with Gasteiger partial charge in [-0.15, -0.1) is 0 Å². The molecule has 1 aromatic rings. The molecule has 0 amide bonds. The molecule has 124 valence electrons. The number of hydrogen-bond donors (Lipinski definition) is 2. The zero-order valence-electron chi connectivity index (χ0n) is 14.1. The maximum atomic E-state index is 9.41. The molecule has 0 aromatic heterocycles. The molecule has 0 aliphatic carbocycles. The number of aliphatic hydroxyl groups is 1. The van der Waals surface area contributed by atoms with Crippen LogP contribution in [-0.4, -0.2) is 44.0 Å². The first-order valence-corrected chi connectivity index (χ1v) is 8.39. The van der Waals surface area contributed by atoms with Gasteiger partial charge in [0.05, 0.1) is 13.2 Å². The Morgan fingerprint density at radius 1 is 1.23 bits per heavy atom. The average Bonchev–Trinajstić information content (AvgIpc) is 2.53. The molecule has 0 saturated carbocycles. The fraction of sp³-hybridized carbons (Fsp3) is 0.667. The van der Waals surface area contributed by atoms with Crippen LogP contribution >= 0.6 is 0 Å². The smallest absolute Gasteiger partial charge is 0.119 e. The molecule has 4 nitrogen and oxygen atoms in total. The van der Waals surface area contributed by atoms with Crippen LogP contribution in [0.2, 0.25) is 0 Å². The van der Waals surface area contributed by atoms with E-state index in [1.165, 1.54) is 18.5 Å². The van der Waals surface area contributed by atoms with Gasteiger partial charge in [-0.3, -0.25) is 0 Å². The van der Waals surface area contributed by atoms with Gasteiger partial charge in [0.25, 0.3) is 0 Å². The summed E-state index contributed by atoms with van der Waals surface area (Å²) in [6.07, 6.45) is 3.02. The van der Waals surface area contributed by atoms with E-state index in [0.29, 0.717) is 12.0 Å². The van der Waals surface area contributed by atoms with Gasteiger partial charge >= 0.3 is 0 Å². The minimum Gasteiger partial charge on any atom is -0.497 e. The summed E-state index contributed by atoms with van der Waals surface area (Å²) < 4.78 is 5.21. The molecule has 1 aliphatic rings. The van der Waals surface area contributed by atoms with Gasteiger partial charge in [0.15, 0.2) is 0 Å². The summed E-state index contributed by atoms with van der Waals surface area (Å²) in [5, 5.41) is 13.1. The Kier molecular flexibility index (Phi) is 6.52. The van der Waals surface area contributed by atoms with Crippen LogP contribution in [0.5, 0.6) is 5.75 Å². The Bertz CT molecular complexity index is 425. The predicted molar refractivity (Wildman–Crippen MR) is 91.7 cm³/mol. The van der Waals surface area contributed by atoms with E-state index in [2.05, 4.69) is 29.3 Å². The van der Waals surface area contributed by atoms with Crippen LogP contribution in [0.25, 0.3) is 0 Å². The van der Waals surface area contributed by atoms with Gasteiger partial charge in [-0.2, -0.15) is 0 Å². The summed E-state index contributed by atoms with van der Waals surface area (Å²) >= 11 is 0. The van der Waals surface area contributed by atoms with Crippen LogP contribution in [0.1, 0.15) is 33.1 Å². The molecule has 1 aromatic carbocycles. The molecule has 1 fully saturated rings. The zero-order chi connectivity index (χ0) is 15.9. The fourth-order valence-electron chi connectivity index (χ4n) is 3.17. The van der Waals surface area contributed by atoms with E-state index in [-0.39, 0.29) is 6.10 Å².